The summed E-state index contributed by atoms with van der Waals surface area (Å²) in [6.07, 6.45) is 4.16. The van der Waals surface area contributed by atoms with Crippen molar-refractivity contribution >= 4 is 18.0 Å². The van der Waals surface area contributed by atoms with Gasteiger partial charge in [-0.2, -0.15) is 0 Å². The van der Waals surface area contributed by atoms with Crippen molar-refractivity contribution in [3.8, 4) is 5.75 Å². The minimum atomic E-state index is -0.708. The van der Waals surface area contributed by atoms with E-state index in [4.69, 9.17) is 16.3 Å². The first kappa shape index (κ1) is 15.7. The quantitative estimate of drug-likeness (QED) is 0.663. The zero-order valence-electron chi connectivity index (χ0n) is 12.5. The van der Waals surface area contributed by atoms with Crippen LogP contribution in [0.5, 0.6) is 5.75 Å². The summed E-state index contributed by atoms with van der Waals surface area (Å²) in [5, 5.41) is 3.70. The number of carbonyl (C=O) groups excluding carboxylic acids is 1. The average Bonchev–Trinajstić information content (AvgIpc) is 2.61. The Labute approximate surface area is 139 Å². The van der Waals surface area contributed by atoms with Gasteiger partial charge in [0, 0.05) is 25.8 Å². The lowest BCUT2D eigenvalue weighted by molar-refractivity contribution is -0.127. The number of ether oxygens (including phenoxy) is 1. The number of hydrogen-bond acceptors (Lipinski definition) is 5. The Hall–Kier alpha value is -2.18. The molecule has 1 atom stereocenters. The summed E-state index contributed by atoms with van der Waals surface area (Å²) >= 11 is 6.04. The van der Waals surface area contributed by atoms with E-state index in [1.807, 2.05) is 18.2 Å². The normalized spacial score (nSPS) is 21.0. The van der Waals surface area contributed by atoms with E-state index < -0.39 is 5.54 Å². The van der Waals surface area contributed by atoms with Crippen molar-refractivity contribution in [3.63, 3.8) is 0 Å². The van der Waals surface area contributed by atoms with Gasteiger partial charge in [0.05, 0.1) is 11.9 Å². The Morgan fingerprint density at radius 2 is 2.30 bits per heavy atom. The van der Waals surface area contributed by atoms with E-state index in [-0.39, 0.29) is 6.61 Å². The lowest BCUT2D eigenvalue weighted by atomic mass is 9.91. The molecule has 1 amide bonds. The number of hydrogen-bond donors (Lipinski definition) is 1. The number of carbonyl (C=O) groups is 1. The molecular weight excluding hydrogens is 316 g/mol. The van der Waals surface area contributed by atoms with Crippen molar-refractivity contribution in [2.75, 3.05) is 26.2 Å². The lowest BCUT2D eigenvalue weighted by Gasteiger charge is -2.44. The molecule has 0 radical (unpaired) electrons. The highest BCUT2D eigenvalue weighted by atomic mass is 35.5. The van der Waals surface area contributed by atoms with Crippen LogP contribution in [0.25, 0.3) is 0 Å². The van der Waals surface area contributed by atoms with Crippen LogP contribution in [0.3, 0.4) is 0 Å². The van der Waals surface area contributed by atoms with Gasteiger partial charge in [0.1, 0.15) is 23.0 Å². The minimum Gasteiger partial charge on any atom is -0.489 e. The van der Waals surface area contributed by atoms with Gasteiger partial charge in [-0.05, 0) is 24.3 Å². The predicted molar refractivity (Wildman–Crippen MR) is 86.3 cm³/mol. The van der Waals surface area contributed by atoms with Crippen molar-refractivity contribution in [1.29, 1.82) is 0 Å². The molecule has 0 aromatic carbocycles. The standard InChI is InChI=1S/C16H17ClN4O2/c17-15-5-1-4-14(20-15)16(10-19-7-8-21(16)12-22)11-23-13-3-2-6-18-9-13/h1-6,9,12,19H,7-8,10-11H2. The van der Waals surface area contributed by atoms with Gasteiger partial charge in [-0.3, -0.25) is 9.78 Å². The third-order valence-electron chi connectivity index (χ3n) is 3.93. The van der Waals surface area contributed by atoms with Gasteiger partial charge in [0.25, 0.3) is 0 Å². The molecule has 0 spiro atoms. The third-order valence-corrected chi connectivity index (χ3v) is 4.14. The number of rotatable bonds is 5. The van der Waals surface area contributed by atoms with Gasteiger partial charge in [0.2, 0.25) is 6.41 Å². The van der Waals surface area contributed by atoms with Gasteiger partial charge >= 0.3 is 0 Å². The number of nitrogens with zero attached hydrogens (tertiary/aromatic N) is 3. The highest BCUT2D eigenvalue weighted by Crippen LogP contribution is 2.29. The Morgan fingerprint density at radius 1 is 1.39 bits per heavy atom. The molecule has 3 rings (SSSR count). The fraction of sp³-hybridized carbons (Fsp3) is 0.312. The number of nitrogens with one attached hydrogen (secondary N) is 1. The maximum Gasteiger partial charge on any atom is 0.210 e. The first-order valence-corrected chi connectivity index (χ1v) is 7.71. The molecule has 23 heavy (non-hydrogen) atoms. The second-order valence-electron chi connectivity index (χ2n) is 5.33. The molecule has 1 saturated heterocycles. The average molecular weight is 333 g/mol. The van der Waals surface area contributed by atoms with Crippen molar-refractivity contribution in [2.45, 2.75) is 5.54 Å². The maximum atomic E-state index is 11.6. The molecule has 1 N–H and O–H groups in total. The molecule has 2 aromatic rings. The van der Waals surface area contributed by atoms with Crippen LogP contribution in [-0.4, -0.2) is 47.5 Å². The van der Waals surface area contributed by atoms with Crippen LogP contribution in [0.4, 0.5) is 0 Å². The topological polar surface area (TPSA) is 67.4 Å². The first-order chi connectivity index (χ1) is 11.2. The summed E-state index contributed by atoms with van der Waals surface area (Å²) in [5.74, 6) is 0.644. The van der Waals surface area contributed by atoms with E-state index in [9.17, 15) is 4.79 Å². The van der Waals surface area contributed by atoms with E-state index in [0.717, 1.165) is 13.0 Å². The molecule has 0 bridgehead atoms. The zero-order valence-corrected chi connectivity index (χ0v) is 13.2. The SMILES string of the molecule is O=CN1CCNCC1(COc1cccnc1)c1cccc(Cl)n1. The number of aromatic nitrogens is 2. The lowest BCUT2D eigenvalue weighted by Crippen LogP contribution is -2.61. The molecule has 0 saturated carbocycles. The summed E-state index contributed by atoms with van der Waals surface area (Å²) in [7, 11) is 0. The summed E-state index contributed by atoms with van der Waals surface area (Å²) in [4.78, 5) is 21.8. The number of piperazine rings is 1. The van der Waals surface area contributed by atoms with E-state index in [0.29, 0.717) is 29.7 Å². The Bertz CT molecular complexity index is 670. The fourth-order valence-electron chi connectivity index (χ4n) is 2.71. The van der Waals surface area contributed by atoms with E-state index in [1.165, 1.54) is 0 Å². The molecule has 0 aliphatic carbocycles. The van der Waals surface area contributed by atoms with Crippen LogP contribution < -0.4 is 10.1 Å². The predicted octanol–water partition coefficient (Wildman–Crippen LogP) is 1.47. The van der Waals surface area contributed by atoms with Gasteiger partial charge in [-0.15, -0.1) is 0 Å². The van der Waals surface area contributed by atoms with Crippen LogP contribution in [0.1, 0.15) is 5.69 Å². The van der Waals surface area contributed by atoms with Gasteiger partial charge in [0.15, 0.2) is 0 Å². The first-order valence-electron chi connectivity index (χ1n) is 7.33. The molecule has 120 valence electrons. The molecule has 7 heteroatoms. The van der Waals surface area contributed by atoms with Crippen LogP contribution in [-0.2, 0) is 10.3 Å². The second-order valence-corrected chi connectivity index (χ2v) is 5.72. The Kier molecular flexibility index (Phi) is 4.73. The fourth-order valence-corrected chi connectivity index (χ4v) is 2.88. The Morgan fingerprint density at radius 3 is 3.04 bits per heavy atom. The van der Waals surface area contributed by atoms with E-state index >= 15 is 0 Å². The molecule has 1 aliphatic rings. The number of halogens is 1. The largest absolute Gasteiger partial charge is 0.489 e. The maximum absolute atomic E-state index is 11.6. The molecule has 1 aliphatic heterocycles. The van der Waals surface area contributed by atoms with Crippen molar-refractivity contribution < 1.29 is 9.53 Å². The molecule has 2 aromatic heterocycles. The second kappa shape index (κ2) is 6.93. The van der Waals surface area contributed by atoms with Crippen LogP contribution >= 0.6 is 11.6 Å². The summed E-state index contributed by atoms with van der Waals surface area (Å²) in [5.41, 5.74) is -0.00557. The smallest absolute Gasteiger partial charge is 0.210 e. The minimum absolute atomic E-state index is 0.262. The summed E-state index contributed by atoms with van der Waals surface area (Å²) in [6.45, 7) is 2.11. The van der Waals surface area contributed by atoms with Gasteiger partial charge in [-0.25, -0.2) is 4.98 Å². The molecule has 6 nitrogen and oxygen atoms in total. The summed E-state index contributed by atoms with van der Waals surface area (Å²) < 4.78 is 5.89. The van der Waals surface area contributed by atoms with Crippen LogP contribution in [0, 0.1) is 0 Å². The van der Waals surface area contributed by atoms with Crippen molar-refractivity contribution in [2.24, 2.45) is 0 Å². The number of pyridine rings is 2. The summed E-state index contributed by atoms with van der Waals surface area (Å²) in [6, 6.07) is 9.03. The molecule has 3 heterocycles. The molecular formula is C16H17ClN4O2. The molecule has 1 unspecified atom stereocenters. The Balaban J connectivity index is 1.94. The third kappa shape index (κ3) is 3.28. The van der Waals surface area contributed by atoms with Crippen LogP contribution in [0.2, 0.25) is 5.15 Å². The van der Waals surface area contributed by atoms with Gasteiger partial charge < -0.3 is 15.0 Å². The van der Waals surface area contributed by atoms with Gasteiger partial charge in [-0.1, -0.05) is 17.7 Å². The zero-order chi connectivity index (χ0) is 16.1. The monoisotopic (exact) mass is 332 g/mol. The highest BCUT2D eigenvalue weighted by molar-refractivity contribution is 6.29. The van der Waals surface area contributed by atoms with E-state index in [2.05, 4.69) is 15.3 Å². The van der Waals surface area contributed by atoms with Crippen molar-refractivity contribution in [1.82, 2.24) is 20.2 Å². The van der Waals surface area contributed by atoms with Crippen molar-refractivity contribution in [3.05, 3.63) is 53.6 Å². The highest BCUT2D eigenvalue weighted by Gasteiger charge is 2.42. The van der Waals surface area contributed by atoms with E-state index in [1.54, 1.807) is 29.4 Å². The van der Waals surface area contributed by atoms with Crippen LogP contribution in [0.15, 0.2) is 42.7 Å². The number of amides is 1. The molecule has 1 fully saturated rings.